The van der Waals surface area contributed by atoms with Crippen LogP contribution in [0.15, 0.2) is 65.2 Å². The molecule has 1 saturated heterocycles. The summed E-state index contributed by atoms with van der Waals surface area (Å²) in [5, 5.41) is 4.54. The third kappa shape index (κ3) is 3.50. The summed E-state index contributed by atoms with van der Waals surface area (Å²) in [6.07, 6.45) is 5.16. The second kappa shape index (κ2) is 7.79. The summed E-state index contributed by atoms with van der Waals surface area (Å²) in [6.45, 7) is 1.06. The Morgan fingerprint density at radius 3 is 2.87 bits per heavy atom. The standard InChI is InChI=1S/C22H19N5O2S/c28-21-6-5-18(15-7-9-23-10-8-15)25-27(21)13-17-2-1-11-26(17)22(29)16-3-4-19-20(12-16)30-14-24-19/h3-10,12,14,17H,1-2,11,13H2. The second-order valence-electron chi connectivity index (χ2n) is 7.30. The van der Waals surface area contributed by atoms with Gasteiger partial charge >= 0.3 is 0 Å². The van der Waals surface area contributed by atoms with Crippen LogP contribution in [0, 0.1) is 0 Å². The Labute approximate surface area is 176 Å². The molecule has 1 unspecified atom stereocenters. The molecule has 1 atom stereocenters. The third-order valence-corrected chi connectivity index (χ3v) is 6.23. The second-order valence-corrected chi connectivity index (χ2v) is 8.19. The first-order chi connectivity index (χ1) is 14.7. The van der Waals surface area contributed by atoms with E-state index in [0.29, 0.717) is 24.3 Å². The Morgan fingerprint density at radius 1 is 1.13 bits per heavy atom. The smallest absolute Gasteiger partial charge is 0.266 e. The molecule has 8 heteroatoms. The number of rotatable bonds is 4. The number of aromatic nitrogens is 4. The number of amides is 1. The normalized spacial score (nSPS) is 16.3. The van der Waals surface area contributed by atoms with Crippen molar-refractivity contribution < 1.29 is 4.79 Å². The molecule has 1 aliphatic rings. The van der Waals surface area contributed by atoms with E-state index in [-0.39, 0.29) is 17.5 Å². The first-order valence-corrected chi connectivity index (χ1v) is 10.7. The first kappa shape index (κ1) is 18.6. The lowest BCUT2D eigenvalue weighted by atomic mass is 10.1. The Hall–Kier alpha value is -3.39. The van der Waals surface area contributed by atoms with Gasteiger partial charge in [-0.25, -0.2) is 9.67 Å². The fraction of sp³-hybridized carbons (Fsp3) is 0.227. The average Bonchev–Trinajstić information content (AvgIpc) is 3.44. The molecule has 0 radical (unpaired) electrons. The molecule has 4 heterocycles. The summed E-state index contributed by atoms with van der Waals surface area (Å²) in [6, 6.07) is 12.5. The van der Waals surface area contributed by atoms with Gasteiger partial charge in [-0.05, 0) is 49.2 Å². The predicted molar refractivity (Wildman–Crippen MR) is 115 cm³/mol. The van der Waals surface area contributed by atoms with Crippen molar-refractivity contribution in [2.24, 2.45) is 0 Å². The number of carbonyl (C=O) groups is 1. The molecule has 1 amide bonds. The van der Waals surface area contributed by atoms with Crippen LogP contribution in [-0.4, -0.2) is 43.1 Å². The maximum absolute atomic E-state index is 13.2. The van der Waals surface area contributed by atoms with Crippen LogP contribution < -0.4 is 5.56 Å². The van der Waals surface area contributed by atoms with Crippen molar-refractivity contribution >= 4 is 27.5 Å². The van der Waals surface area contributed by atoms with Gasteiger partial charge in [0.2, 0.25) is 0 Å². The van der Waals surface area contributed by atoms with Crippen molar-refractivity contribution in [3.8, 4) is 11.3 Å². The van der Waals surface area contributed by atoms with Crippen molar-refractivity contribution in [1.82, 2.24) is 24.6 Å². The van der Waals surface area contributed by atoms with Crippen LogP contribution in [0.25, 0.3) is 21.5 Å². The highest BCUT2D eigenvalue weighted by atomic mass is 32.1. The summed E-state index contributed by atoms with van der Waals surface area (Å²) in [7, 11) is 0. The zero-order valence-corrected chi connectivity index (χ0v) is 17.0. The van der Waals surface area contributed by atoms with Gasteiger partial charge in [-0.3, -0.25) is 14.6 Å². The Morgan fingerprint density at radius 2 is 2.00 bits per heavy atom. The van der Waals surface area contributed by atoms with E-state index in [1.54, 1.807) is 24.0 Å². The van der Waals surface area contributed by atoms with E-state index >= 15 is 0 Å². The molecule has 1 fully saturated rings. The van der Waals surface area contributed by atoms with Gasteiger partial charge in [0, 0.05) is 36.1 Å². The van der Waals surface area contributed by atoms with Gasteiger partial charge in [0.05, 0.1) is 34.0 Å². The van der Waals surface area contributed by atoms with Gasteiger partial charge < -0.3 is 4.90 Å². The van der Waals surface area contributed by atoms with Crippen molar-refractivity contribution in [1.29, 1.82) is 0 Å². The van der Waals surface area contributed by atoms with Crippen LogP contribution in [0.2, 0.25) is 0 Å². The quantitative estimate of drug-likeness (QED) is 0.509. The highest BCUT2D eigenvalue weighted by molar-refractivity contribution is 7.16. The lowest BCUT2D eigenvalue weighted by molar-refractivity contribution is 0.0720. The van der Waals surface area contributed by atoms with Gasteiger partial charge in [0.25, 0.3) is 11.5 Å². The fourth-order valence-corrected chi connectivity index (χ4v) is 4.62. The molecule has 3 aromatic heterocycles. The van der Waals surface area contributed by atoms with Crippen LogP contribution in [0.1, 0.15) is 23.2 Å². The third-order valence-electron chi connectivity index (χ3n) is 5.44. The monoisotopic (exact) mass is 417 g/mol. The molecule has 0 N–H and O–H groups in total. The molecule has 4 aromatic rings. The van der Waals surface area contributed by atoms with Crippen LogP contribution in [0.3, 0.4) is 0 Å². The molecule has 1 aliphatic heterocycles. The van der Waals surface area contributed by atoms with Gasteiger partial charge in [-0.1, -0.05) is 0 Å². The van der Waals surface area contributed by atoms with Crippen molar-refractivity contribution in [3.05, 3.63) is 76.3 Å². The molecule has 0 spiro atoms. The molecule has 7 nitrogen and oxygen atoms in total. The number of thiazole rings is 1. The highest BCUT2D eigenvalue weighted by Gasteiger charge is 2.30. The van der Waals surface area contributed by atoms with E-state index < -0.39 is 0 Å². The lowest BCUT2D eigenvalue weighted by Gasteiger charge is -2.25. The fourth-order valence-electron chi connectivity index (χ4n) is 3.90. The van der Waals surface area contributed by atoms with Gasteiger partial charge in [0.15, 0.2) is 0 Å². The highest BCUT2D eigenvalue weighted by Crippen LogP contribution is 2.24. The van der Waals surface area contributed by atoms with Crippen molar-refractivity contribution in [2.75, 3.05) is 6.54 Å². The molecular weight excluding hydrogens is 398 g/mol. The van der Waals surface area contributed by atoms with E-state index in [4.69, 9.17) is 0 Å². The molecule has 0 saturated carbocycles. The number of likely N-dealkylation sites (tertiary alicyclic amines) is 1. The van der Waals surface area contributed by atoms with Crippen LogP contribution >= 0.6 is 11.3 Å². The number of fused-ring (bicyclic) bond motifs is 1. The minimum atomic E-state index is -0.168. The topological polar surface area (TPSA) is 81.0 Å². The van der Waals surface area contributed by atoms with Crippen LogP contribution in [-0.2, 0) is 6.54 Å². The predicted octanol–water partition coefficient (Wildman–Crippen LogP) is 3.22. The molecule has 5 rings (SSSR count). The zero-order chi connectivity index (χ0) is 20.5. The van der Waals surface area contributed by atoms with E-state index in [2.05, 4.69) is 15.1 Å². The summed E-state index contributed by atoms with van der Waals surface area (Å²) in [4.78, 5) is 35.8. The SMILES string of the molecule is O=C(c1ccc2ncsc2c1)N1CCCC1Cn1nc(-c2ccncc2)ccc1=O. The van der Waals surface area contributed by atoms with Gasteiger partial charge in [0.1, 0.15) is 0 Å². The summed E-state index contributed by atoms with van der Waals surface area (Å²) in [5.41, 5.74) is 4.78. The summed E-state index contributed by atoms with van der Waals surface area (Å²) >= 11 is 1.52. The number of hydrogen-bond acceptors (Lipinski definition) is 6. The maximum atomic E-state index is 13.2. The number of nitrogens with zero attached hydrogens (tertiary/aromatic N) is 5. The number of benzene rings is 1. The molecule has 30 heavy (non-hydrogen) atoms. The summed E-state index contributed by atoms with van der Waals surface area (Å²) < 4.78 is 2.47. The van der Waals surface area contributed by atoms with Crippen molar-refractivity contribution in [2.45, 2.75) is 25.4 Å². The van der Waals surface area contributed by atoms with E-state index in [1.807, 2.05) is 35.2 Å². The Bertz CT molecular complexity index is 1270. The van der Waals surface area contributed by atoms with Gasteiger partial charge in [-0.15, -0.1) is 11.3 Å². The molecule has 150 valence electrons. The zero-order valence-electron chi connectivity index (χ0n) is 16.1. The number of hydrogen-bond donors (Lipinski definition) is 0. The Balaban J connectivity index is 1.40. The molecule has 1 aromatic carbocycles. The Kier molecular flexibility index (Phi) is 4.84. The largest absolute Gasteiger partial charge is 0.334 e. The van der Waals surface area contributed by atoms with Crippen LogP contribution in [0.4, 0.5) is 0 Å². The van der Waals surface area contributed by atoms with Crippen molar-refractivity contribution in [3.63, 3.8) is 0 Å². The molecule has 0 aliphatic carbocycles. The van der Waals surface area contributed by atoms with E-state index in [1.165, 1.54) is 22.1 Å². The first-order valence-electron chi connectivity index (χ1n) is 9.82. The lowest BCUT2D eigenvalue weighted by Crippen LogP contribution is -2.40. The minimum Gasteiger partial charge on any atom is -0.334 e. The van der Waals surface area contributed by atoms with E-state index in [0.717, 1.165) is 28.6 Å². The molecule has 0 bridgehead atoms. The molecular formula is C22H19N5O2S. The van der Waals surface area contributed by atoms with E-state index in [9.17, 15) is 9.59 Å². The maximum Gasteiger partial charge on any atom is 0.266 e. The number of carbonyl (C=O) groups excluding carboxylic acids is 1. The average molecular weight is 417 g/mol. The van der Waals surface area contributed by atoms with Gasteiger partial charge in [-0.2, -0.15) is 5.10 Å². The van der Waals surface area contributed by atoms with Crippen LogP contribution in [0.5, 0.6) is 0 Å². The minimum absolute atomic E-state index is 0.00821. The summed E-state index contributed by atoms with van der Waals surface area (Å²) in [5.74, 6) is -0.00821. The number of pyridine rings is 1.